The van der Waals surface area contributed by atoms with Gasteiger partial charge in [-0.3, -0.25) is 0 Å². The van der Waals surface area contributed by atoms with E-state index in [1.165, 1.54) is 0 Å². The van der Waals surface area contributed by atoms with Crippen molar-refractivity contribution in [1.82, 2.24) is 0 Å². The van der Waals surface area contributed by atoms with Gasteiger partial charge in [0, 0.05) is 23.1 Å². The summed E-state index contributed by atoms with van der Waals surface area (Å²) < 4.78 is 31.9. The van der Waals surface area contributed by atoms with Gasteiger partial charge in [0.05, 0.1) is 0 Å². The molecule has 0 rings (SSSR count). The topological polar surface area (TPSA) is 106 Å². The van der Waals surface area contributed by atoms with Crippen LogP contribution in [0.1, 0.15) is 0 Å². The van der Waals surface area contributed by atoms with Gasteiger partial charge in [0.1, 0.15) is 0 Å². The Hall–Kier alpha value is 0.779. The SMILES string of the molecule is O.[Mg].[O]=[Cr](=[O])([OH])[OH]. The molecule has 0 bridgehead atoms. The van der Waals surface area contributed by atoms with Crippen molar-refractivity contribution in [3.63, 3.8) is 0 Å². The Kier molecular flexibility index (Phi) is 11.0. The van der Waals surface area contributed by atoms with E-state index in [1.807, 2.05) is 0 Å². The normalized spacial score (nSPS) is 8.29. The van der Waals surface area contributed by atoms with Gasteiger partial charge in [-0.05, 0) is 0 Å². The first-order valence-corrected chi connectivity index (χ1v) is 2.88. The van der Waals surface area contributed by atoms with Crippen LogP contribution in [0.2, 0.25) is 0 Å². The fourth-order valence-electron chi connectivity index (χ4n) is 0. The molecule has 0 saturated carbocycles. The van der Waals surface area contributed by atoms with E-state index in [4.69, 9.17) is 15.9 Å². The second-order valence-electron chi connectivity index (χ2n) is 0.448. The third-order valence-corrected chi connectivity index (χ3v) is 0. The third-order valence-electron chi connectivity index (χ3n) is 0. The Morgan fingerprint density at radius 1 is 1.14 bits per heavy atom. The Morgan fingerprint density at radius 2 is 1.14 bits per heavy atom. The maximum atomic E-state index is 8.82. The maximum absolute atomic E-state index is 8.82. The quantitative estimate of drug-likeness (QED) is 0.380. The van der Waals surface area contributed by atoms with E-state index in [0.29, 0.717) is 0 Å². The van der Waals surface area contributed by atoms with Crippen LogP contribution < -0.4 is 0 Å². The predicted molar refractivity (Wildman–Crippen MR) is 15.2 cm³/mol. The summed E-state index contributed by atoms with van der Waals surface area (Å²) in [5, 5.41) is 0. The zero-order valence-corrected chi connectivity index (χ0v) is 6.02. The van der Waals surface area contributed by atoms with Crippen molar-refractivity contribution in [2.24, 2.45) is 0 Å². The van der Waals surface area contributed by atoms with E-state index in [2.05, 4.69) is 0 Å². The third kappa shape index (κ3) is 255. The molecule has 42 valence electrons. The molecule has 2 radical (unpaired) electrons. The first-order valence-electron chi connectivity index (χ1n) is 0.698. The molecule has 0 aliphatic carbocycles. The van der Waals surface area contributed by atoms with Gasteiger partial charge in [0.25, 0.3) is 0 Å². The fraction of sp³-hybridized carbons (Fsp3) is 0. The van der Waals surface area contributed by atoms with E-state index >= 15 is 0 Å². The van der Waals surface area contributed by atoms with Crippen LogP contribution >= 0.6 is 0 Å². The molecule has 5 nitrogen and oxygen atoms in total. The van der Waals surface area contributed by atoms with E-state index in [1.54, 1.807) is 0 Å². The van der Waals surface area contributed by atoms with Crippen LogP contribution in [0.4, 0.5) is 0 Å². The van der Waals surface area contributed by atoms with Crippen molar-refractivity contribution in [2.45, 2.75) is 0 Å². The average molecular weight is 160 g/mol. The zero-order valence-electron chi connectivity index (χ0n) is 3.33. The van der Waals surface area contributed by atoms with Crippen LogP contribution in [0.5, 0.6) is 0 Å². The monoisotopic (exact) mass is 160 g/mol. The minimum atomic E-state index is -5.25. The molecule has 0 heterocycles. The number of hydrogen-bond acceptors (Lipinski definition) is 2. The Balaban J connectivity index is -0.0000000800. The van der Waals surface area contributed by atoms with E-state index in [0.717, 1.165) is 0 Å². The van der Waals surface area contributed by atoms with Gasteiger partial charge >= 0.3 is 29.5 Å². The molecule has 4 N–H and O–H groups in total. The predicted octanol–water partition coefficient (Wildman–Crippen LogP) is -2.56. The van der Waals surface area contributed by atoms with Gasteiger partial charge < -0.3 is 5.48 Å². The molecule has 0 fully saturated rings. The molecule has 7 heteroatoms. The van der Waals surface area contributed by atoms with Crippen LogP contribution in [0, 0.1) is 0 Å². The molecular weight excluding hydrogens is 156 g/mol. The van der Waals surface area contributed by atoms with Crippen molar-refractivity contribution in [1.29, 1.82) is 0 Å². The summed E-state index contributed by atoms with van der Waals surface area (Å²) in [4.78, 5) is 0. The molecule has 0 aromatic rings. The summed E-state index contributed by atoms with van der Waals surface area (Å²) in [6.45, 7) is 0. The van der Waals surface area contributed by atoms with Gasteiger partial charge in [-0.15, -0.1) is 0 Å². The summed E-state index contributed by atoms with van der Waals surface area (Å²) >= 11 is -5.25. The molecule has 0 aliphatic heterocycles. The van der Waals surface area contributed by atoms with Crippen molar-refractivity contribution in [3.8, 4) is 0 Å². The molecule has 0 aliphatic rings. The summed E-state index contributed by atoms with van der Waals surface area (Å²) in [5.41, 5.74) is 0. The van der Waals surface area contributed by atoms with Crippen molar-refractivity contribution in [3.05, 3.63) is 0 Å². The van der Waals surface area contributed by atoms with Crippen molar-refractivity contribution in [2.75, 3.05) is 0 Å². The molecular formula is H4CrMgO5. The van der Waals surface area contributed by atoms with Gasteiger partial charge in [-0.25, -0.2) is 0 Å². The molecule has 0 unspecified atom stereocenters. The Bertz CT molecular complexity index is 91.2. The second-order valence-corrected chi connectivity index (χ2v) is 1.85. The van der Waals surface area contributed by atoms with Gasteiger partial charge in [-0.1, -0.05) is 0 Å². The first kappa shape index (κ1) is 15.7. The van der Waals surface area contributed by atoms with Gasteiger partial charge in [0.2, 0.25) is 0 Å². The molecule has 0 aromatic carbocycles. The molecule has 0 amide bonds. The Labute approximate surface area is 58.2 Å². The molecule has 0 atom stereocenters. The second kappa shape index (κ2) is 4.93. The van der Waals surface area contributed by atoms with Crippen LogP contribution in [0.3, 0.4) is 0 Å². The molecule has 0 spiro atoms. The molecule has 7 heavy (non-hydrogen) atoms. The van der Waals surface area contributed by atoms with Crippen LogP contribution in [0.15, 0.2) is 0 Å². The van der Waals surface area contributed by atoms with Crippen LogP contribution in [-0.4, -0.2) is 36.8 Å². The fourth-order valence-corrected chi connectivity index (χ4v) is 0. The zero-order chi connectivity index (χ0) is 4.50. The van der Waals surface area contributed by atoms with E-state index < -0.39 is 13.6 Å². The van der Waals surface area contributed by atoms with Gasteiger partial charge in [-0.2, -0.15) is 0 Å². The summed E-state index contributed by atoms with van der Waals surface area (Å²) in [6.07, 6.45) is 0. The summed E-state index contributed by atoms with van der Waals surface area (Å²) in [7, 11) is 0. The van der Waals surface area contributed by atoms with Crippen molar-refractivity contribution < 1.29 is 35.0 Å². The van der Waals surface area contributed by atoms with E-state index in [-0.39, 0.29) is 28.5 Å². The standard InChI is InChI=1S/Cr.Mg.3H2O.2O/h;;3*1H2;;/q+2;;;;;;/p-2. The van der Waals surface area contributed by atoms with Crippen LogP contribution in [-0.2, 0) is 21.2 Å². The number of hydrogen-bond donors (Lipinski definition) is 2. The average Bonchev–Trinajstić information content (AvgIpc) is 0.722. The molecule has 0 aromatic heterocycles. The summed E-state index contributed by atoms with van der Waals surface area (Å²) in [6, 6.07) is 0. The van der Waals surface area contributed by atoms with Crippen LogP contribution in [0.25, 0.3) is 0 Å². The number of rotatable bonds is 0. The van der Waals surface area contributed by atoms with E-state index in [9.17, 15) is 0 Å². The first-order chi connectivity index (χ1) is 2.00. The summed E-state index contributed by atoms with van der Waals surface area (Å²) in [5.74, 6) is 0. The van der Waals surface area contributed by atoms with Gasteiger partial charge in [0.15, 0.2) is 0 Å². The molecule has 0 saturated heterocycles. The Morgan fingerprint density at radius 3 is 1.14 bits per heavy atom. The van der Waals surface area contributed by atoms with Crippen molar-refractivity contribution >= 4 is 23.1 Å². The minimum absolute atomic E-state index is 0.